The predicted octanol–water partition coefficient (Wildman–Crippen LogP) is 2.79. The van der Waals surface area contributed by atoms with Crippen LogP contribution in [0.25, 0.3) is 0 Å². The number of carbonyl (C=O) groups excluding carboxylic acids is 1. The van der Waals surface area contributed by atoms with Crippen molar-refractivity contribution < 1.29 is 9.53 Å². The van der Waals surface area contributed by atoms with Crippen LogP contribution in [0.2, 0.25) is 0 Å². The fraction of sp³-hybridized carbons (Fsp3) is 0.500. The minimum atomic E-state index is 0.102. The molecular formula is C14H18ClNO2. The lowest BCUT2D eigenvalue weighted by molar-refractivity contribution is 0.0698. The summed E-state index contributed by atoms with van der Waals surface area (Å²) >= 11 is 5.84. The summed E-state index contributed by atoms with van der Waals surface area (Å²) in [6.45, 7) is 1.62. The maximum absolute atomic E-state index is 12.2. The van der Waals surface area contributed by atoms with E-state index in [1.165, 1.54) is 0 Å². The van der Waals surface area contributed by atoms with Crippen LogP contribution in [0.4, 0.5) is 0 Å². The van der Waals surface area contributed by atoms with Crippen molar-refractivity contribution in [3.63, 3.8) is 0 Å². The zero-order chi connectivity index (χ0) is 13.0. The number of ether oxygens (including phenoxy) is 1. The summed E-state index contributed by atoms with van der Waals surface area (Å²) in [6, 6.07) is 7.26. The highest BCUT2D eigenvalue weighted by molar-refractivity contribution is 6.18. The smallest absolute Gasteiger partial charge is 0.253 e. The summed E-state index contributed by atoms with van der Waals surface area (Å²) in [5.74, 6) is 2.13. The molecule has 3 nitrogen and oxygen atoms in total. The molecule has 1 aliphatic rings. The molecule has 1 aromatic rings. The Morgan fingerprint density at radius 2 is 1.94 bits per heavy atom. The second kappa shape index (κ2) is 6.10. The molecule has 1 aromatic carbocycles. The highest BCUT2D eigenvalue weighted by atomic mass is 35.5. The van der Waals surface area contributed by atoms with Gasteiger partial charge in [-0.05, 0) is 43.0 Å². The maximum Gasteiger partial charge on any atom is 0.253 e. The fourth-order valence-corrected chi connectivity index (χ4v) is 2.52. The average molecular weight is 268 g/mol. The molecule has 0 bridgehead atoms. The number of alkyl halides is 1. The number of amides is 1. The van der Waals surface area contributed by atoms with Gasteiger partial charge in [-0.3, -0.25) is 4.79 Å². The second-order valence-electron chi connectivity index (χ2n) is 4.62. The number of piperidine rings is 1. The summed E-state index contributed by atoms with van der Waals surface area (Å²) < 4.78 is 5.08. The molecule has 0 aromatic heterocycles. The van der Waals surface area contributed by atoms with Crippen molar-refractivity contribution in [2.24, 2.45) is 5.92 Å². The SMILES string of the molecule is COc1ccc(C(=O)N2CCC(CCl)CC2)cc1. The van der Waals surface area contributed by atoms with E-state index in [1.54, 1.807) is 7.11 Å². The molecule has 0 aliphatic carbocycles. The molecule has 2 rings (SSSR count). The Morgan fingerprint density at radius 3 is 2.44 bits per heavy atom. The van der Waals surface area contributed by atoms with Crippen molar-refractivity contribution in [2.45, 2.75) is 12.8 Å². The first-order chi connectivity index (χ1) is 8.74. The van der Waals surface area contributed by atoms with E-state index >= 15 is 0 Å². The van der Waals surface area contributed by atoms with E-state index in [4.69, 9.17) is 16.3 Å². The van der Waals surface area contributed by atoms with Crippen LogP contribution in [0.1, 0.15) is 23.2 Å². The van der Waals surface area contributed by atoms with Crippen LogP contribution in [0, 0.1) is 5.92 Å². The number of methoxy groups -OCH3 is 1. The standard InChI is InChI=1S/C14H18ClNO2/c1-18-13-4-2-12(3-5-13)14(17)16-8-6-11(10-15)7-9-16/h2-5,11H,6-10H2,1H3. The zero-order valence-corrected chi connectivity index (χ0v) is 11.3. The molecule has 0 spiro atoms. The maximum atomic E-state index is 12.2. The Labute approximate surface area is 113 Å². The Balaban J connectivity index is 1.98. The molecule has 18 heavy (non-hydrogen) atoms. The number of carbonyl (C=O) groups is 1. The Bertz CT molecular complexity index is 397. The summed E-state index contributed by atoms with van der Waals surface area (Å²) in [5, 5.41) is 0. The number of rotatable bonds is 3. The Kier molecular flexibility index (Phi) is 4.48. The molecule has 0 N–H and O–H groups in total. The van der Waals surface area contributed by atoms with Gasteiger partial charge in [0.1, 0.15) is 5.75 Å². The molecule has 1 amide bonds. The number of halogens is 1. The minimum absolute atomic E-state index is 0.102. The molecule has 98 valence electrons. The van der Waals surface area contributed by atoms with Gasteiger partial charge < -0.3 is 9.64 Å². The van der Waals surface area contributed by atoms with Crippen LogP contribution in [0.3, 0.4) is 0 Å². The van der Waals surface area contributed by atoms with Gasteiger partial charge in [0.05, 0.1) is 7.11 Å². The summed E-state index contributed by atoms with van der Waals surface area (Å²) in [5.41, 5.74) is 0.722. The predicted molar refractivity (Wildman–Crippen MR) is 72.3 cm³/mol. The van der Waals surface area contributed by atoms with Crippen molar-refractivity contribution in [1.82, 2.24) is 4.90 Å². The zero-order valence-electron chi connectivity index (χ0n) is 10.6. The topological polar surface area (TPSA) is 29.5 Å². The van der Waals surface area contributed by atoms with Crippen molar-refractivity contribution in [1.29, 1.82) is 0 Å². The third kappa shape index (κ3) is 2.96. The molecule has 1 fully saturated rings. The van der Waals surface area contributed by atoms with E-state index < -0.39 is 0 Å². The average Bonchev–Trinajstić information content (AvgIpc) is 2.47. The van der Waals surface area contributed by atoms with Gasteiger partial charge in [0.25, 0.3) is 5.91 Å². The van der Waals surface area contributed by atoms with E-state index in [-0.39, 0.29) is 5.91 Å². The first kappa shape index (κ1) is 13.2. The van der Waals surface area contributed by atoms with Gasteiger partial charge in [0.15, 0.2) is 0 Å². The quantitative estimate of drug-likeness (QED) is 0.788. The van der Waals surface area contributed by atoms with E-state index in [9.17, 15) is 4.79 Å². The highest BCUT2D eigenvalue weighted by Gasteiger charge is 2.22. The van der Waals surface area contributed by atoms with E-state index in [1.807, 2.05) is 29.2 Å². The highest BCUT2D eigenvalue weighted by Crippen LogP contribution is 2.20. The molecule has 0 unspecified atom stereocenters. The van der Waals surface area contributed by atoms with Gasteiger partial charge in [-0.1, -0.05) is 0 Å². The summed E-state index contributed by atoms with van der Waals surface area (Å²) in [6.07, 6.45) is 2.01. The molecule has 1 heterocycles. The molecule has 1 saturated heterocycles. The third-order valence-corrected chi connectivity index (χ3v) is 3.89. The lowest BCUT2D eigenvalue weighted by atomic mass is 9.98. The van der Waals surface area contributed by atoms with Gasteiger partial charge in [0, 0.05) is 24.5 Å². The number of hydrogen-bond donors (Lipinski definition) is 0. The van der Waals surface area contributed by atoms with Gasteiger partial charge in [-0.15, -0.1) is 11.6 Å². The largest absolute Gasteiger partial charge is 0.497 e. The first-order valence-electron chi connectivity index (χ1n) is 6.24. The lowest BCUT2D eigenvalue weighted by Crippen LogP contribution is -2.38. The van der Waals surface area contributed by atoms with Crippen molar-refractivity contribution in [3.8, 4) is 5.75 Å². The van der Waals surface area contributed by atoms with Crippen molar-refractivity contribution in [3.05, 3.63) is 29.8 Å². The fourth-order valence-electron chi connectivity index (χ4n) is 2.21. The molecule has 0 atom stereocenters. The molecule has 0 radical (unpaired) electrons. The monoisotopic (exact) mass is 267 g/mol. The van der Waals surface area contributed by atoms with Gasteiger partial charge in [-0.25, -0.2) is 0 Å². The van der Waals surface area contributed by atoms with Gasteiger partial charge >= 0.3 is 0 Å². The number of nitrogens with zero attached hydrogens (tertiary/aromatic N) is 1. The Hall–Kier alpha value is -1.22. The van der Waals surface area contributed by atoms with Crippen LogP contribution in [-0.2, 0) is 0 Å². The molecule has 0 saturated carbocycles. The third-order valence-electron chi connectivity index (χ3n) is 3.46. The van der Waals surface area contributed by atoms with Crippen LogP contribution >= 0.6 is 11.6 Å². The second-order valence-corrected chi connectivity index (χ2v) is 4.93. The summed E-state index contributed by atoms with van der Waals surface area (Å²) in [7, 11) is 1.62. The normalized spacial score (nSPS) is 16.7. The minimum Gasteiger partial charge on any atom is -0.497 e. The Morgan fingerprint density at radius 1 is 1.33 bits per heavy atom. The number of hydrogen-bond acceptors (Lipinski definition) is 2. The number of benzene rings is 1. The van der Waals surface area contributed by atoms with Crippen LogP contribution in [0.5, 0.6) is 5.75 Å². The van der Waals surface area contributed by atoms with E-state index in [0.29, 0.717) is 11.8 Å². The molecule has 1 aliphatic heterocycles. The van der Waals surface area contributed by atoms with Crippen LogP contribution in [-0.4, -0.2) is 36.9 Å². The number of likely N-dealkylation sites (tertiary alicyclic amines) is 1. The van der Waals surface area contributed by atoms with Crippen LogP contribution < -0.4 is 4.74 Å². The van der Waals surface area contributed by atoms with Crippen molar-refractivity contribution in [2.75, 3.05) is 26.1 Å². The molecular weight excluding hydrogens is 250 g/mol. The first-order valence-corrected chi connectivity index (χ1v) is 6.77. The van der Waals surface area contributed by atoms with Gasteiger partial charge in [0.2, 0.25) is 0 Å². The van der Waals surface area contributed by atoms with Crippen LogP contribution in [0.15, 0.2) is 24.3 Å². The molecule has 4 heteroatoms. The van der Waals surface area contributed by atoms with Crippen molar-refractivity contribution >= 4 is 17.5 Å². The van der Waals surface area contributed by atoms with E-state index in [2.05, 4.69) is 0 Å². The summed E-state index contributed by atoms with van der Waals surface area (Å²) in [4.78, 5) is 14.2. The lowest BCUT2D eigenvalue weighted by Gasteiger charge is -2.31. The van der Waals surface area contributed by atoms with Gasteiger partial charge in [-0.2, -0.15) is 0 Å². The van der Waals surface area contributed by atoms with E-state index in [0.717, 1.165) is 37.2 Å².